The standard InChI is InChI=1S/C12H16F3NO3S/c1-16-10(8-19-2)7-9-3-5-11(6-4-9)20(17,18)12(13,14)15/h3-6,10,16H,7-8H2,1-2H3. The van der Waals surface area contributed by atoms with Crippen LogP contribution in [0, 0.1) is 0 Å². The molecule has 0 aliphatic rings. The molecule has 0 radical (unpaired) electrons. The summed E-state index contributed by atoms with van der Waals surface area (Å²) in [5.74, 6) is 0. The maximum absolute atomic E-state index is 12.4. The van der Waals surface area contributed by atoms with Crippen LogP contribution in [0.1, 0.15) is 5.56 Å². The molecule has 1 rings (SSSR count). The molecule has 0 aromatic heterocycles. The largest absolute Gasteiger partial charge is 0.501 e. The van der Waals surface area contributed by atoms with Gasteiger partial charge in [0.1, 0.15) is 0 Å². The predicted octanol–water partition coefficient (Wildman–Crippen LogP) is 1.76. The second-order valence-corrected chi connectivity index (χ2v) is 6.18. The number of likely N-dealkylation sites (N-methyl/N-ethyl adjacent to an activating group) is 1. The van der Waals surface area contributed by atoms with Crippen LogP contribution in [0.2, 0.25) is 0 Å². The third-order valence-electron chi connectivity index (χ3n) is 2.80. The quantitative estimate of drug-likeness (QED) is 0.870. The van der Waals surface area contributed by atoms with Gasteiger partial charge in [-0.05, 0) is 31.2 Å². The molecular weight excluding hydrogens is 295 g/mol. The average molecular weight is 311 g/mol. The van der Waals surface area contributed by atoms with E-state index in [0.29, 0.717) is 13.0 Å². The van der Waals surface area contributed by atoms with Crippen LogP contribution in [-0.4, -0.2) is 40.7 Å². The first-order valence-corrected chi connectivity index (χ1v) is 7.27. The lowest BCUT2D eigenvalue weighted by atomic mass is 10.1. The van der Waals surface area contributed by atoms with Crippen LogP contribution in [0.15, 0.2) is 29.2 Å². The summed E-state index contributed by atoms with van der Waals surface area (Å²) in [4.78, 5) is -0.749. The van der Waals surface area contributed by atoms with Crippen molar-refractivity contribution in [2.45, 2.75) is 22.9 Å². The Bertz CT molecular complexity index is 526. The summed E-state index contributed by atoms with van der Waals surface area (Å²) < 4.78 is 64.5. The summed E-state index contributed by atoms with van der Waals surface area (Å²) in [6, 6.07) is 4.69. The predicted molar refractivity (Wildman–Crippen MR) is 68.1 cm³/mol. The minimum Gasteiger partial charge on any atom is -0.383 e. The number of alkyl halides is 3. The van der Waals surface area contributed by atoms with E-state index in [1.807, 2.05) is 0 Å². The highest BCUT2D eigenvalue weighted by atomic mass is 32.2. The summed E-state index contributed by atoms with van der Waals surface area (Å²) in [5.41, 5.74) is -4.56. The molecule has 0 heterocycles. The normalized spacial score (nSPS) is 14.2. The first-order valence-electron chi connectivity index (χ1n) is 5.79. The van der Waals surface area contributed by atoms with Crippen molar-refractivity contribution in [3.8, 4) is 0 Å². The second kappa shape index (κ2) is 6.55. The molecule has 1 aromatic carbocycles. The van der Waals surface area contributed by atoms with Crippen molar-refractivity contribution in [1.82, 2.24) is 5.32 Å². The van der Waals surface area contributed by atoms with E-state index in [0.717, 1.165) is 17.7 Å². The first-order chi connectivity index (χ1) is 9.22. The molecule has 0 saturated heterocycles. The number of ether oxygens (including phenoxy) is 1. The highest BCUT2D eigenvalue weighted by Gasteiger charge is 2.46. The molecule has 4 nitrogen and oxygen atoms in total. The lowest BCUT2D eigenvalue weighted by molar-refractivity contribution is -0.0436. The molecule has 0 amide bonds. The summed E-state index contributed by atoms with van der Waals surface area (Å²) in [6.45, 7) is 0.444. The van der Waals surface area contributed by atoms with Gasteiger partial charge in [-0.3, -0.25) is 0 Å². The molecule has 114 valence electrons. The van der Waals surface area contributed by atoms with Crippen LogP contribution >= 0.6 is 0 Å². The van der Waals surface area contributed by atoms with Gasteiger partial charge in [-0.2, -0.15) is 13.2 Å². The molecule has 0 bridgehead atoms. The summed E-state index contributed by atoms with van der Waals surface area (Å²) >= 11 is 0. The van der Waals surface area contributed by atoms with E-state index in [2.05, 4.69) is 5.32 Å². The average Bonchev–Trinajstić information content (AvgIpc) is 2.37. The van der Waals surface area contributed by atoms with Gasteiger partial charge in [0, 0.05) is 13.2 Å². The monoisotopic (exact) mass is 311 g/mol. The second-order valence-electron chi connectivity index (χ2n) is 4.24. The maximum Gasteiger partial charge on any atom is 0.501 e. The van der Waals surface area contributed by atoms with Crippen molar-refractivity contribution in [2.24, 2.45) is 0 Å². The Morgan fingerprint density at radius 1 is 1.25 bits per heavy atom. The van der Waals surface area contributed by atoms with E-state index in [9.17, 15) is 21.6 Å². The minimum atomic E-state index is -5.28. The zero-order valence-corrected chi connectivity index (χ0v) is 11.9. The SMILES string of the molecule is CNC(COC)Cc1ccc(S(=O)(=O)C(F)(F)F)cc1. The van der Waals surface area contributed by atoms with Gasteiger partial charge in [0.25, 0.3) is 9.84 Å². The van der Waals surface area contributed by atoms with Crippen molar-refractivity contribution in [3.05, 3.63) is 29.8 Å². The number of nitrogens with one attached hydrogen (secondary N) is 1. The zero-order chi connectivity index (χ0) is 15.4. The number of hydrogen-bond acceptors (Lipinski definition) is 4. The van der Waals surface area contributed by atoms with Crippen molar-refractivity contribution in [1.29, 1.82) is 0 Å². The van der Waals surface area contributed by atoms with Crippen LogP contribution in [0.4, 0.5) is 13.2 Å². The van der Waals surface area contributed by atoms with Gasteiger partial charge in [-0.1, -0.05) is 12.1 Å². The fraction of sp³-hybridized carbons (Fsp3) is 0.500. The Hall–Kier alpha value is -1.12. The fourth-order valence-electron chi connectivity index (χ4n) is 1.67. The molecule has 8 heteroatoms. The van der Waals surface area contributed by atoms with E-state index in [1.54, 1.807) is 14.2 Å². The molecular formula is C12H16F3NO3S. The van der Waals surface area contributed by atoms with Crippen molar-refractivity contribution in [3.63, 3.8) is 0 Å². The molecule has 1 atom stereocenters. The molecule has 0 fully saturated rings. The molecule has 0 aliphatic carbocycles. The van der Waals surface area contributed by atoms with Crippen molar-refractivity contribution < 1.29 is 26.3 Å². The Labute approximate surface area is 115 Å². The summed E-state index contributed by atoms with van der Waals surface area (Å²) in [6.07, 6.45) is 0.524. The third-order valence-corrected chi connectivity index (χ3v) is 4.30. The minimum absolute atomic E-state index is 0.00470. The topological polar surface area (TPSA) is 55.4 Å². The Morgan fingerprint density at radius 3 is 2.20 bits per heavy atom. The van der Waals surface area contributed by atoms with Gasteiger partial charge >= 0.3 is 5.51 Å². The Morgan fingerprint density at radius 2 is 1.80 bits per heavy atom. The number of methoxy groups -OCH3 is 1. The maximum atomic E-state index is 12.4. The van der Waals surface area contributed by atoms with Crippen molar-refractivity contribution >= 4 is 9.84 Å². The van der Waals surface area contributed by atoms with Gasteiger partial charge in [-0.15, -0.1) is 0 Å². The molecule has 0 spiro atoms. The molecule has 0 aliphatic heterocycles. The molecule has 1 aromatic rings. The van der Waals surface area contributed by atoms with Crippen LogP contribution in [0.3, 0.4) is 0 Å². The molecule has 0 saturated carbocycles. The smallest absolute Gasteiger partial charge is 0.383 e. The van der Waals surface area contributed by atoms with Gasteiger partial charge in [0.2, 0.25) is 0 Å². The number of sulfone groups is 1. The van der Waals surface area contributed by atoms with E-state index < -0.39 is 20.2 Å². The van der Waals surface area contributed by atoms with E-state index >= 15 is 0 Å². The summed E-state index contributed by atoms with van der Waals surface area (Å²) in [5, 5.41) is 3.00. The van der Waals surface area contributed by atoms with E-state index in [4.69, 9.17) is 4.74 Å². The van der Waals surface area contributed by atoms with Gasteiger partial charge in [-0.25, -0.2) is 8.42 Å². The van der Waals surface area contributed by atoms with Crippen molar-refractivity contribution in [2.75, 3.05) is 20.8 Å². The first kappa shape index (κ1) is 16.9. The summed E-state index contributed by atoms with van der Waals surface area (Å²) in [7, 11) is -1.99. The number of benzene rings is 1. The van der Waals surface area contributed by atoms with Gasteiger partial charge in [0.05, 0.1) is 11.5 Å². The molecule has 20 heavy (non-hydrogen) atoms. The highest BCUT2D eigenvalue weighted by Crippen LogP contribution is 2.30. The third kappa shape index (κ3) is 3.94. The van der Waals surface area contributed by atoms with Crippen LogP contribution in [0.25, 0.3) is 0 Å². The lowest BCUT2D eigenvalue weighted by Gasteiger charge is -2.15. The Balaban J connectivity index is 2.90. The number of halogens is 3. The van der Waals surface area contributed by atoms with E-state index in [1.165, 1.54) is 12.1 Å². The molecule has 1 unspecified atom stereocenters. The Kier molecular flexibility index (Phi) is 5.55. The van der Waals surface area contributed by atoms with E-state index in [-0.39, 0.29) is 6.04 Å². The number of hydrogen-bond donors (Lipinski definition) is 1. The molecule has 1 N–H and O–H groups in total. The van der Waals surface area contributed by atoms with Gasteiger partial charge in [0.15, 0.2) is 0 Å². The van der Waals surface area contributed by atoms with Crippen LogP contribution < -0.4 is 5.32 Å². The van der Waals surface area contributed by atoms with Gasteiger partial charge < -0.3 is 10.1 Å². The zero-order valence-electron chi connectivity index (χ0n) is 11.1. The van der Waals surface area contributed by atoms with Crippen LogP contribution in [-0.2, 0) is 21.0 Å². The van der Waals surface area contributed by atoms with Crippen LogP contribution in [0.5, 0.6) is 0 Å². The number of rotatable bonds is 6. The fourth-order valence-corrected chi connectivity index (χ4v) is 2.43. The highest BCUT2D eigenvalue weighted by molar-refractivity contribution is 7.92. The lowest BCUT2D eigenvalue weighted by Crippen LogP contribution is -2.32.